The standard InChI is InChI=1S/C25H26N6O3S/c1-13-10-19(26)18-12-17(7-9-20(18)28-13)34-25(33)30-16-5-3-15(4-6-16)29-23(32)14-2-8-21-22(11-14)35-24(27)31-21/h2,7-12,15-16H,3-6H2,1H3,(H2,26,28)(H2,27,31)(H,29,32)(H,30,33). The lowest BCUT2D eigenvalue weighted by molar-refractivity contribution is 0.0923. The minimum absolute atomic E-state index is 0.0120. The number of nitrogens with zero attached hydrogens (tertiary/aromatic N) is 2. The number of nitrogens with one attached hydrogen (secondary N) is 2. The molecule has 6 N–H and O–H groups in total. The lowest BCUT2D eigenvalue weighted by Crippen LogP contribution is -2.44. The first-order valence-corrected chi connectivity index (χ1v) is 12.3. The van der Waals surface area contributed by atoms with E-state index in [4.69, 9.17) is 16.2 Å². The van der Waals surface area contributed by atoms with Crippen molar-refractivity contribution >= 4 is 55.3 Å². The van der Waals surface area contributed by atoms with Crippen LogP contribution in [0, 0.1) is 6.92 Å². The zero-order chi connectivity index (χ0) is 24.5. The van der Waals surface area contributed by atoms with Crippen molar-refractivity contribution in [2.75, 3.05) is 11.5 Å². The minimum Gasteiger partial charge on any atom is -0.410 e. The van der Waals surface area contributed by atoms with Gasteiger partial charge in [0.1, 0.15) is 5.75 Å². The van der Waals surface area contributed by atoms with Gasteiger partial charge in [0.2, 0.25) is 0 Å². The van der Waals surface area contributed by atoms with Crippen molar-refractivity contribution in [3.8, 4) is 5.75 Å². The van der Waals surface area contributed by atoms with Gasteiger partial charge in [-0.25, -0.2) is 9.78 Å². The number of hydrogen-bond acceptors (Lipinski definition) is 8. The molecule has 2 amide bonds. The molecule has 1 aliphatic carbocycles. The van der Waals surface area contributed by atoms with Crippen LogP contribution in [0.5, 0.6) is 5.75 Å². The Hall–Kier alpha value is -3.92. The molecular weight excluding hydrogens is 464 g/mol. The molecule has 0 saturated heterocycles. The molecule has 1 fully saturated rings. The highest BCUT2D eigenvalue weighted by molar-refractivity contribution is 7.22. The summed E-state index contributed by atoms with van der Waals surface area (Å²) in [7, 11) is 0. The quantitative estimate of drug-likeness (QED) is 0.336. The van der Waals surface area contributed by atoms with Crippen LogP contribution in [0.3, 0.4) is 0 Å². The highest BCUT2D eigenvalue weighted by atomic mass is 32.1. The predicted octanol–water partition coefficient (Wildman–Crippen LogP) is 4.15. The third-order valence-electron chi connectivity index (χ3n) is 6.20. The van der Waals surface area contributed by atoms with Gasteiger partial charge in [-0.3, -0.25) is 9.78 Å². The van der Waals surface area contributed by atoms with Crippen LogP contribution >= 0.6 is 11.3 Å². The molecule has 0 atom stereocenters. The van der Waals surface area contributed by atoms with Crippen molar-refractivity contribution in [2.45, 2.75) is 44.7 Å². The molecule has 2 heterocycles. The number of aryl methyl sites for hydroxylation is 1. The second kappa shape index (κ2) is 9.38. The van der Waals surface area contributed by atoms with E-state index in [1.54, 1.807) is 30.3 Å². The number of carbonyl (C=O) groups is 2. The zero-order valence-corrected chi connectivity index (χ0v) is 20.0. The molecule has 0 bridgehead atoms. The second-order valence-corrected chi connectivity index (χ2v) is 9.88. The summed E-state index contributed by atoms with van der Waals surface area (Å²) in [4.78, 5) is 33.8. The van der Waals surface area contributed by atoms with E-state index >= 15 is 0 Å². The van der Waals surface area contributed by atoms with Crippen LogP contribution in [-0.4, -0.2) is 34.1 Å². The molecule has 4 aromatic rings. The molecule has 0 aliphatic heterocycles. The third-order valence-corrected chi connectivity index (χ3v) is 7.05. The lowest BCUT2D eigenvalue weighted by Gasteiger charge is -2.29. The number of rotatable bonds is 4. The fourth-order valence-corrected chi connectivity index (χ4v) is 5.24. The predicted molar refractivity (Wildman–Crippen MR) is 138 cm³/mol. The summed E-state index contributed by atoms with van der Waals surface area (Å²) in [5.74, 6) is 0.294. The smallest absolute Gasteiger partial charge is 0.410 e. The number of fused-ring (bicyclic) bond motifs is 2. The van der Waals surface area contributed by atoms with Crippen molar-refractivity contribution in [1.29, 1.82) is 0 Å². The molecule has 0 unspecified atom stereocenters. The molecular formula is C25H26N6O3S. The SMILES string of the molecule is Cc1cc(N)c2cc(OC(=O)NC3CCC(NC(=O)c4ccc5nc(N)sc5c4)CC3)ccc2n1. The maximum absolute atomic E-state index is 12.7. The van der Waals surface area contributed by atoms with Crippen LogP contribution in [0.4, 0.5) is 15.6 Å². The topological polar surface area (TPSA) is 145 Å². The number of anilines is 2. The number of carbonyl (C=O) groups excluding carboxylic acids is 2. The van der Waals surface area contributed by atoms with Crippen LogP contribution in [-0.2, 0) is 0 Å². The Labute approximate surface area is 205 Å². The number of amides is 2. The Bertz CT molecular complexity index is 1430. The van der Waals surface area contributed by atoms with Gasteiger partial charge in [0, 0.05) is 34.4 Å². The van der Waals surface area contributed by atoms with Gasteiger partial charge in [-0.2, -0.15) is 0 Å². The van der Waals surface area contributed by atoms with E-state index in [1.807, 2.05) is 19.1 Å². The highest BCUT2D eigenvalue weighted by Crippen LogP contribution is 2.27. The average Bonchev–Trinajstić information content (AvgIpc) is 3.20. The summed E-state index contributed by atoms with van der Waals surface area (Å²) >= 11 is 1.36. The molecule has 1 aliphatic rings. The fourth-order valence-electron chi connectivity index (χ4n) is 4.47. The summed E-state index contributed by atoms with van der Waals surface area (Å²) in [6.45, 7) is 1.88. The molecule has 9 nitrogen and oxygen atoms in total. The van der Waals surface area contributed by atoms with Gasteiger partial charge in [0.05, 0.1) is 15.7 Å². The van der Waals surface area contributed by atoms with Gasteiger partial charge in [-0.1, -0.05) is 11.3 Å². The van der Waals surface area contributed by atoms with Gasteiger partial charge in [-0.05, 0) is 75.1 Å². The fraction of sp³-hybridized carbons (Fsp3) is 0.280. The van der Waals surface area contributed by atoms with Crippen molar-refractivity contribution in [1.82, 2.24) is 20.6 Å². The lowest BCUT2D eigenvalue weighted by atomic mass is 9.91. The van der Waals surface area contributed by atoms with Crippen LogP contribution < -0.4 is 26.8 Å². The largest absolute Gasteiger partial charge is 0.412 e. The highest BCUT2D eigenvalue weighted by Gasteiger charge is 2.24. The molecule has 0 spiro atoms. The number of nitrogen functional groups attached to an aromatic ring is 2. The van der Waals surface area contributed by atoms with E-state index in [9.17, 15) is 9.59 Å². The van der Waals surface area contributed by atoms with Gasteiger partial charge in [0.15, 0.2) is 5.13 Å². The average molecular weight is 491 g/mol. The van der Waals surface area contributed by atoms with E-state index in [1.165, 1.54) is 11.3 Å². The van der Waals surface area contributed by atoms with E-state index in [0.29, 0.717) is 22.1 Å². The summed E-state index contributed by atoms with van der Waals surface area (Å²) < 4.78 is 6.37. The van der Waals surface area contributed by atoms with Crippen molar-refractivity contribution < 1.29 is 14.3 Å². The Kier molecular flexibility index (Phi) is 6.12. The first kappa shape index (κ1) is 22.9. The second-order valence-electron chi connectivity index (χ2n) is 8.82. The van der Waals surface area contributed by atoms with E-state index in [-0.39, 0.29) is 18.0 Å². The van der Waals surface area contributed by atoms with Crippen molar-refractivity contribution in [3.05, 3.63) is 53.7 Å². The van der Waals surface area contributed by atoms with Crippen LogP contribution in [0.25, 0.3) is 21.1 Å². The summed E-state index contributed by atoms with van der Waals surface area (Å²) in [5.41, 5.74) is 15.4. The third kappa shape index (κ3) is 5.12. The Morgan fingerprint density at radius 2 is 1.66 bits per heavy atom. The number of ether oxygens (including phenoxy) is 1. The number of aromatic nitrogens is 2. The Morgan fingerprint density at radius 1 is 0.943 bits per heavy atom. The molecule has 0 radical (unpaired) electrons. The molecule has 2 aromatic heterocycles. The zero-order valence-electron chi connectivity index (χ0n) is 19.2. The molecule has 10 heteroatoms. The molecule has 2 aromatic carbocycles. The normalized spacial score (nSPS) is 17.9. The number of pyridine rings is 1. The maximum Gasteiger partial charge on any atom is 0.412 e. The van der Waals surface area contributed by atoms with Crippen LogP contribution in [0.1, 0.15) is 41.7 Å². The number of hydrogen-bond donors (Lipinski definition) is 4. The Balaban J connectivity index is 1.12. The number of thiazole rings is 1. The first-order chi connectivity index (χ1) is 16.8. The molecule has 1 saturated carbocycles. The monoisotopic (exact) mass is 490 g/mol. The molecule has 180 valence electrons. The van der Waals surface area contributed by atoms with Crippen molar-refractivity contribution in [3.63, 3.8) is 0 Å². The minimum atomic E-state index is -0.507. The van der Waals surface area contributed by atoms with Crippen LogP contribution in [0.2, 0.25) is 0 Å². The summed E-state index contributed by atoms with van der Waals surface area (Å²) in [5, 5.41) is 7.26. The number of benzene rings is 2. The van der Waals surface area contributed by atoms with Gasteiger partial charge in [-0.15, -0.1) is 0 Å². The van der Waals surface area contributed by atoms with Crippen molar-refractivity contribution in [2.24, 2.45) is 0 Å². The van der Waals surface area contributed by atoms with Crippen LogP contribution in [0.15, 0.2) is 42.5 Å². The summed E-state index contributed by atoms with van der Waals surface area (Å²) in [6.07, 6.45) is 2.53. The number of nitrogens with two attached hydrogens (primary N) is 2. The van der Waals surface area contributed by atoms with E-state index in [0.717, 1.165) is 52.5 Å². The van der Waals surface area contributed by atoms with E-state index in [2.05, 4.69) is 20.6 Å². The molecule has 5 rings (SSSR count). The van der Waals surface area contributed by atoms with Gasteiger partial charge in [0.25, 0.3) is 5.91 Å². The molecule has 35 heavy (non-hydrogen) atoms. The van der Waals surface area contributed by atoms with Gasteiger partial charge < -0.3 is 26.8 Å². The first-order valence-electron chi connectivity index (χ1n) is 11.5. The summed E-state index contributed by atoms with van der Waals surface area (Å²) in [6, 6.07) is 12.4. The Morgan fingerprint density at radius 3 is 2.43 bits per heavy atom. The van der Waals surface area contributed by atoms with Gasteiger partial charge >= 0.3 is 6.09 Å². The van der Waals surface area contributed by atoms with E-state index < -0.39 is 6.09 Å². The maximum atomic E-state index is 12.7.